The topological polar surface area (TPSA) is 123 Å². The van der Waals surface area contributed by atoms with Crippen molar-refractivity contribution in [2.24, 2.45) is 5.41 Å². The standard InChI is InChI=1S/C18H34N2O7/c1-16(2,3)27-14(23)19-8-9-25-10-11-26-15(24)20-18(6,7)12-17(4,5)13(21)22/h8-12H2,1-7H3,(H,19,23)(H,20,24)(H,21,22). The number of carboxylic acids is 1. The van der Waals surface area contributed by atoms with Crippen LogP contribution in [0, 0.1) is 5.41 Å². The minimum atomic E-state index is -0.971. The van der Waals surface area contributed by atoms with Crippen LogP contribution in [0.5, 0.6) is 0 Å². The van der Waals surface area contributed by atoms with Gasteiger partial charge < -0.3 is 30.0 Å². The SMILES string of the molecule is CC(C)(CC(C)(C)C(=O)O)NC(=O)OCCOCCNC(=O)OC(C)(C)C. The maximum Gasteiger partial charge on any atom is 0.407 e. The Bertz CT molecular complexity index is 510. The molecule has 0 aromatic rings. The molecule has 0 fully saturated rings. The first-order chi connectivity index (χ1) is 12.1. The summed E-state index contributed by atoms with van der Waals surface area (Å²) < 4.78 is 15.3. The van der Waals surface area contributed by atoms with E-state index in [1.807, 2.05) is 0 Å². The third kappa shape index (κ3) is 12.9. The molecule has 0 rings (SSSR count). The molecule has 0 aliphatic heterocycles. The number of carbonyl (C=O) groups excluding carboxylic acids is 2. The lowest BCUT2D eigenvalue weighted by atomic mass is 9.80. The zero-order chi connectivity index (χ0) is 21.3. The van der Waals surface area contributed by atoms with Gasteiger partial charge in [0.1, 0.15) is 12.2 Å². The van der Waals surface area contributed by atoms with Gasteiger partial charge in [0.25, 0.3) is 0 Å². The smallest absolute Gasteiger partial charge is 0.407 e. The Kier molecular flexibility index (Phi) is 9.56. The van der Waals surface area contributed by atoms with E-state index in [1.54, 1.807) is 48.5 Å². The van der Waals surface area contributed by atoms with E-state index in [9.17, 15) is 19.5 Å². The number of carboxylic acid groups (broad SMARTS) is 1. The number of nitrogens with one attached hydrogen (secondary N) is 2. The van der Waals surface area contributed by atoms with Crippen molar-refractivity contribution in [2.75, 3.05) is 26.4 Å². The van der Waals surface area contributed by atoms with Gasteiger partial charge in [-0.15, -0.1) is 0 Å². The molecule has 0 atom stereocenters. The average molecular weight is 390 g/mol. The highest BCUT2D eigenvalue weighted by Gasteiger charge is 2.35. The summed E-state index contributed by atoms with van der Waals surface area (Å²) in [6, 6.07) is 0. The van der Waals surface area contributed by atoms with Crippen molar-refractivity contribution in [2.45, 2.75) is 66.0 Å². The Balaban J connectivity index is 3.92. The number of rotatable bonds is 10. The summed E-state index contributed by atoms with van der Waals surface area (Å²) in [5.74, 6) is -0.931. The molecule has 0 aromatic heterocycles. The van der Waals surface area contributed by atoms with E-state index in [2.05, 4.69) is 10.6 Å². The highest BCUT2D eigenvalue weighted by molar-refractivity contribution is 5.74. The van der Waals surface area contributed by atoms with E-state index in [4.69, 9.17) is 14.2 Å². The number of hydrogen-bond acceptors (Lipinski definition) is 6. The van der Waals surface area contributed by atoms with Crippen LogP contribution in [0.1, 0.15) is 54.9 Å². The number of alkyl carbamates (subject to hydrolysis) is 2. The minimum absolute atomic E-state index is 0.0384. The monoisotopic (exact) mass is 390 g/mol. The molecule has 0 radical (unpaired) electrons. The van der Waals surface area contributed by atoms with Gasteiger partial charge in [-0.1, -0.05) is 0 Å². The van der Waals surface area contributed by atoms with Crippen molar-refractivity contribution in [3.63, 3.8) is 0 Å². The van der Waals surface area contributed by atoms with Crippen LogP contribution in [-0.2, 0) is 19.0 Å². The summed E-state index contributed by atoms with van der Waals surface area (Å²) in [7, 11) is 0. The van der Waals surface area contributed by atoms with Crippen molar-refractivity contribution in [1.82, 2.24) is 10.6 Å². The first-order valence-electron chi connectivity index (χ1n) is 8.88. The van der Waals surface area contributed by atoms with Crippen LogP contribution in [0.4, 0.5) is 9.59 Å². The van der Waals surface area contributed by atoms with E-state index in [0.717, 1.165) is 0 Å². The van der Waals surface area contributed by atoms with Crippen molar-refractivity contribution in [1.29, 1.82) is 0 Å². The quantitative estimate of drug-likeness (QED) is 0.490. The van der Waals surface area contributed by atoms with Crippen LogP contribution >= 0.6 is 0 Å². The zero-order valence-corrected chi connectivity index (χ0v) is 17.4. The predicted molar refractivity (Wildman–Crippen MR) is 99.7 cm³/mol. The van der Waals surface area contributed by atoms with Gasteiger partial charge in [0, 0.05) is 12.1 Å². The van der Waals surface area contributed by atoms with Crippen LogP contribution < -0.4 is 10.6 Å². The van der Waals surface area contributed by atoms with E-state index < -0.39 is 34.7 Å². The number of hydrogen-bond donors (Lipinski definition) is 3. The first-order valence-corrected chi connectivity index (χ1v) is 8.88. The molecule has 0 heterocycles. The summed E-state index contributed by atoms with van der Waals surface area (Å²) in [5.41, 5.74) is -2.27. The van der Waals surface area contributed by atoms with E-state index in [-0.39, 0.29) is 32.8 Å². The van der Waals surface area contributed by atoms with Gasteiger partial charge in [0.05, 0.1) is 18.6 Å². The highest BCUT2D eigenvalue weighted by Crippen LogP contribution is 2.28. The van der Waals surface area contributed by atoms with Crippen molar-refractivity contribution in [3.8, 4) is 0 Å². The lowest BCUT2D eigenvalue weighted by Gasteiger charge is -2.32. The maximum absolute atomic E-state index is 11.8. The molecule has 2 amide bonds. The van der Waals surface area contributed by atoms with Crippen molar-refractivity contribution in [3.05, 3.63) is 0 Å². The van der Waals surface area contributed by atoms with Gasteiger partial charge >= 0.3 is 18.2 Å². The Morgan fingerprint density at radius 3 is 2.00 bits per heavy atom. The van der Waals surface area contributed by atoms with Gasteiger partial charge in [-0.25, -0.2) is 9.59 Å². The Labute approximate surface area is 161 Å². The molecule has 0 saturated heterocycles. The summed E-state index contributed by atoms with van der Waals surface area (Å²) in [6.07, 6.45) is -0.915. The molecule has 9 heteroatoms. The summed E-state index contributed by atoms with van der Waals surface area (Å²) in [4.78, 5) is 34.4. The third-order valence-electron chi connectivity index (χ3n) is 3.28. The number of aliphatic carboxylic acids is 1. The summed E-state index contributed by atoms with van der Waals surface area (Å²) in [5, 5.41) is 14.4. The van der Waals surface area contributed by atoms with Gasteiger partial charge in [-0.05, 0) is 54.9 Å². The molecule has 0 aliphatic carbocycles. The average Bonchev–Trinajstić information content (AvgIpc) is 2.42. The second-order valence-electron chi connectivity index (χ2n) is 8.55. The van der Waals surface area contributed by atoms with E-state index >= 15 is 0 Å². The molecule has 27 heavy (non-hydrogen) atoms. The van der Waals surface area contributed by atoms with Gasteiger partial charge in [-0.2, -0.15) is 0 Å². The van der Waals surface area contributed by atoms with Crippen LogP contribution in [0.2, 0.25) is 0 Å². The second-order valence-corrected chi connectivity index (χ2v) is 8.55. The molecule has 9 nitrogen and oxygen atoms in total. The van der Waals surface area contributed by atoms with Crippen LogP contribution in [0.25, 0.3) is 0 Å². The molecular weight excluding hydrogens is 356 g/mol. The highest BCUT2D eigenvalue weighted by atomic mass is 16.6. The Morgan fingerprint density at radius 2 is 1.48 bits per heavy atom. The van der Waals surface area contributed by atoms with E-state index in [1.165, 1.54) is 0 Å². The third-order valence-corrected chi connectivity index (χ3v) is 3.28. The number of amides is 2. The van der Waals surface area contributed by atoms with Gasteiger partial charge in [0.2, 0.25) is 0 Å². The lowest BCUT2D eigenvalue weighted by Crippen LogP contribution is -2.48. The van der Waals surface area contributed by atoms with Crippen LogP contribution in [0.3, 0.4) is 0 Å². The fourth-order valence-corrected chi connectivity index (χ4v) is 2.37. The number of carbonyl (C=O) groups is 3. The molecule has 0 saturated carbocycles. The molecule has 0 aromatic carbocycles. The minimum Gasteiger partial charge on any atom is -0.481 e. The second kappa shape index (κ2) is 10.3. The zero-order valence-electron chi connectivity index (χ0n) is 17.4. The van der Waals surface area contributed by atoms with Crippen LogP contribution in [0.15, 0.2) is 0 Å². The lowest BCUT2D eigenvalue weighted by molar-refractivity contribution is -0.148. The normalized spacial score (nSPS) is 12.3. The molecular formula is C18H34N2O7. The predicted octanol–water partition coefficient (Wildman–Crippen LogP) is 2.53. The Hall–Kier alpha value is -2.03. The van der Waals surface area contributed by atoms with Gasteiger partial charge in [0.15, 0.2) is 0 Å². The van der Waals surface area contributed by atoms with Crippen molar-refractivity contribution < 1.29 is 33.7 Å². The van der Waals surface area contributed by atoms with Crippen molar-refractivity contribution >= 4 is 18.2 Å². The molecule has 158 valence electrons. The number of ether oxygens (including phenoxy) is 3. The first kappa shape index (κ1) is 25.0. The molecule has 0 unspecified atom stereocenters. The fourth-order valence-electron chi connectivity index (χ4n) is 2.37. The van der Waals surface area contributed by atoms with Crippen LogP contribution in [-0.4, -0.2) is 60.8 Å². The van der Waals surface area contributed by atoms with E-state index in [0.29, 0.717) is 0 Å². The summed E-state index contributed by atoms with van der Waals surface area (Å²) in [6.45, 7) is 12.7. The molecule has 0 aliphatic rings. The fraction of sp³-hybridized carbons (Fsp3) is 0.833. The Morgan fingerprint density at radius 1 is 0.889 bits per heavy atom. The summed E-state index contributed by atoms with van der Waals surface area (Å²) >= 11 is 0. The maximum atomic E-state index is 11.8. The van der Waals surface area contributed by atoms with Gasteiger partial charge in [-0.3, -0.25) is 4.79 Å². The molecule has 0 spiro atoms. The molecule has 0 bridgehead atoms. The molecule has 3 N–H and O–H groups in total. The largest absolute Gasteiger partial charge is 0.481 e.